The molecular formula is C25H36N4O4. The van der Waals surface area contributed by atoms with Crippen molar-refractivity contribution in [1.29, 1.82) is 0 Å². The second-order valence-corrected chi connectivity index (χ2v) is 8.99. The van der Waals surface area contributed by atoms with Crippen LogP contribution in [-0.2, 0) is 9.53 Å². The zero-order valence-electron chi connectivity index (χ0n) is 19.8. The molecule has 8 heteroatoms. The molecule has 8 nitrogen and oxygen atoms in total. The highest BCUT2D eigenvalue weighted by Crippen LogP contribution is 2.34. The molecule has 2 saturated heterocycles. The van der Waals surface area contributed by atoms with E-state index in [0.717, 1.165) is 31.5 Å². The maximum absolute atomic E-state index is 12.9. The lowest BCUT2D eigenvalue weighted by Crippen LogP contribution is -2.51. The van der Waals surface area contributed by atoms with Gasteiger partial charge < -0.3 is 25.0 Å². The van der Waals surface area contributed by atoms with Crippen molar-refractivity contribution in [3.63, 3.8) is 0 Å². The molecule has 180 valence electrons. The molecule has 2 amide bonds. The van der Waals surface area contributed by atoms with Crippen molar-refractivity contribution < 1.29 is 19.1 Å². The van der Waals surface area contributed by atoms with E-state index in [1.165, 1.54) is 39.5 Å². The number of ether oxygens (including phenoxy) is 2. The molecule has 3 heterocycles. The first kappa shape index (κ1) is 23.6. The molecule has 1 aromatic carbocycles. The lowest BCUT2D eigenvalue weighted by Gasteiger charge is -2.41. The lowest BCUT2D eigenvalue weighted by atomic mass is 9.93. The van der Waals surface area contributed by atoms with E-state index >= 15 is 0 Å². The van der Waals surface area contributed by atoms with E-state index in [0.29, 0.717) is 36.2 Å². The Bertz CT molecular complexity index is 873. The van der Waals surface area contributed by atoms with Crippen LogP contribution in [0.1, 0.15) is 50.6 Å². The lowest BCUT2D eigenvalue weighted by molar-refractivity contribution is -0.136. The van der Waals surface area contributed by atoms with Gasteiger partial charge in [-0.05, 0) is 51.8 Å². The number of hydrogen-bond acceptors (Lipinski definition) is 6. The van der Waals surface area contributed by atoms with Gasteiger partial charge in [0.25, 0.3) is 0 Å². The van der Waals surface area contributed by atoms with Crippen LogP contribution >= 0.6 is 0 Å². The summed E-state index contributed by atoms with van der Waals surface area (Å²) < 4.78 is 10.9. The number of hydrogen-bond donors (Lipinski definition) is 2. The third-order valence-corrected chi connectivity index (χ3v) is 6.93. The number of urea groups is 1. The van der Waals surface area contributed by atoms with Gasteiger partial charge in [0.15, 0.2) is 0 Å². The number of carbonyl (C=O) groups excluding carboxylic acids is 2. The number of piperidine rings is 2. The van der Waals surface area contributed by atoms with Crippen LogP contribution in [0, 0.1) is 0 Å². The highest BCUT2D eigenvalue weighted by Gasteiger charge is 2.36. The highest BCUT2D eigenvalue weighted by atomic mass is 16.5. The van der Waals surface area contributed by atoms with Crippen molar-refractivity contribution in [2.24, 2.45) is 0 Å². The number of para-hydroxylation sites is 1. The van der Waals surface area contributed by atoms with Gasteiger partial charge in [-0.3, -0.25) is 4.90 Å². The molecule has 0 aliphatic carbocycles. The summed E-state index contributed by atoms with van der Waals surface area (Å²) in [5, 5.41) is 5.79. The predicted molar refractivity (Wildman–Crippen MR) is 126 cm³/mol. The monoisotopic (exact) mass is 456 g/mol. The first-order valence-electron chi connectivity index (χ1n) is 12.2. The van der Waals surface area contributed by atoms with Crippen LogP contribution < -0.4 is 15.4 Å². The minimum atomic E-state index is -0.630. The molecule has 3 aliphatic heterocycles. The molecule has 1 atom stereocenters. The Kier molecular flexibility index (Phi) is 7.88. The molecule has 2 fully saturated rings. The molecule has 0 unspecified atom stereocenters. The third-order valence-electron chi connectivity index (χ3n) is 6.93. The summed E-state index contributed by atoms with van der Waals surface area (Å²) in [4.78, 5) is 30.5. The van der Waals surface area contributed by atoms with E-state index in [-0.39, 0.29) is 6.03 Å². The maximum Gasteiger partial charge on any atom is 0.338 e. The first-order chi connectivity index (χ1) is 16.1. The van der Waals surface area contributed by atoms with Gasteiger partial charge in [0.2, 0.25) is 0 Å². The van der Waals surface area contributed by atoms with Crippen molar-refractivity contribution in [1.82, 2.24) is 20.4 Å². The van der Waals surface area contributed by atoms with Gasteiger partial charge in [0, 0.05) is 36.9 Å². The summed E-state index contributed by atoms with van der Waals surface area (Å²) >= 11 is 0. The Hall–Kier alpha value is -2.58. The fourth-order valence-corrected chi connectivity index (χ4v) is 5.28. The molecule has 2 N–H and O–H groups in total. The Morgan fingerprint density at radius 3 is 2.52 bits per heavy atom. The minimum absolute atomic E-state index is 0.322. The highest BCUT2D eigenvalue weighted by molar-refractivity contribution is 5.95. The van der Waals surface area contributed by atoms with Crippen LogP contribution in [0.15, 0.2) is 35.5 Å². The van der Waals surface area contributed by atoms with Gasteiger partial charge in [-0.15, -0.1) is 0 Å². The van der Waals surface area contributed by atoms with Crippen molar-refractivity contribution in [3.8, 4) is 5.75 Å². The summed E-state index contributed by atoms with van der Waals surface area (Å²) in [6, 6.07) is 7.19. The number of likely N-dealkylation sites (tertiary alicyclic amines) is 2. The molecule has 0 radical (unpaired) electrons. The summed E-state index contributed by atoms with van der Waals surface area (Å²) in [7, 11) is 1.37. The van der Waals surface area contributed by atoms with Gasteiger partial charge in [-0.25, -0.2) is 9.59 Å². The second kappa shape index (κ2) is 11.0. The molecule has 33 heavy (non-hydrogen) atoms. The van der Waals surface area contributed by atoms with Crippen LogP contribution in [0.25, 0.3) is 0 Å². The molecule has 3 aliphatic rings. The van der Waals surface area contributed by atoms with Crippen molar-refractivity contribution >= 4 is 12.0 Å². The third kappa shape index (κ3) is 5.50. The van der Waals surface area contributed by atoms with Crippen LogP contribution in [0.2, 0.25) is 0 Å². The van der Waals surface area contributed by atoms with Crippen LogP contribution in [-0.4, -0.2) is 74.3 Å². The number of nitrogens with one attached hydrogen (secondary N) is 2. The van der Waals surface area contributed by atoms with Crippen LogP contribution in [0.3, 0.4) is 0 Å². The fourth-order valence-electron chi connectivity index (χ4n) is 5.28. The minimum Gasteiger partial charge on any atom is -0.494 e. The normalized spacial score (nSPS) is 23.1. The van der Waals surface area contributed by atoms with Crippen molar-refractivity contribution in [3.05, 3.63) is 41.1 Å². The summed E-state index contributed by atoms with van der Waals surface area (Å²) in [6.07, 6.45) is 6.19. The standard InChI is InChI=1S/C25H36N4O4/c1-3-33-21-10-6-5-9-19(21)23-22(24(30)32-2)20(26-25(31)27-23)17-28-15-11-18(12-16-28)29-13-7-4-8-14-29/h5-6,9-10,18,23H,3-4,7-8,11-17H2,1-2H3,(H2,26,27,31)/t23-/m1/s1. The molecule has 0 bridgehead atoms. The Labute approximate surface area is 196 Å². The van der Waals surface area contributed by atoms with E-state index in [2.05, 4.69) is 20.4 Å². The SMILES string of the molecule is CCOc1ccccc1[C@H]1NC(=O)NC(CN2CCC(N3CCCCC3)CC2)=C1C(=O)OC. The number of nitrogens with zero attached hydrogens (tertiary/aromatic N) is 2. The van der Waals surface area contributed by atoms with Crippen molar-refractivity contribution in [2.75, 3.05) is 46.4 Å². The van der Waals surface area contributed by atoms with E-state index in [1.807, 2.05) is 31.2 Å². The molecule has 1 aromatic rings. The molecule has 4 rings (SSSR count). The molecule has 0 spiro atoms. The average molecular weight is 457 g/mol. The van der Waals surface area contributed by atoms with Gasteiger partial charge in [-0.2, -0.15) is 0 Å². The molecule has 0 aromatic heterocycles. The summed E-state index contributed by atoms with van der Waals surface area (Å²) in [5.41, 5.74) is 1.79. The Morgan fingerprint density at radius 2 is 1.82 bits per heavy atom. The quantitative estimate of drug-likeness (QED) is 0.614. The van der Waals surface area contributed by atoms with E-state index in [1.54, 1.807) is 0 Å². The Balaban J connectivity index is 1.54. The number of rotatable bonds is 7. The predicted octanol–water partition coefficient (Wildman–Crippen LogP) is 2.82. The van der Waals surface area contributed by atoms with E-state index in [9.17, 15) is 9.59 Å². The number of carbonyl (C=O) groups is 2. The van der Waals surface area contributed by atoms with Gasteiger partial charge in [0.1, 0.15) is 5.75 Å². The first-order valence-corrected chi connectivity index (χ1v) is 12.2. The van der Waals surface area contributed by atoms with Crippen molar-refractivity contribution in [2.45, 2.75) is 51.1 Å². The van der Waals surface area contributed by atoms with Crippen LogP contribution in [0.5, 0.6) is 5.75 Å². The van der Waals surface area contributed by atoms with Crippen LogP contribution in [0.4, 0.5) is 4.79 Å². The average Bonchev–Trinajstić information content (AvgIpc) is 2.85. The fraction of sp³-hybridized carbons (Fsp3) is 0.600. The zero-order valence-corrected chi connectivity index (χ0v) is 19.8. The van der Waals surface area contributed by atoms with E-state index < -0.39 is 12.0 Å². The number of esters is 1. The summed E-state index contributed by atoms with van der Waals surface area (Å²) in [5.74, 6) is 0.201. The second-order valence-electron chi connectivity index (χ2n) is 8.99. The van der Waals surface area contributed by atoms with Gasteiger partial charge >= 0.3 is 12.0 Å². The van der Waals surface area contributed by atoms with Gasteiger partial charge in [0.05, 0.1) is 25.3 Å². The number of benzene rings is 1. The Morgan fingerprint density at radius 1 is 1.09 bits per heavy atom. The number of amides is 2. The smallest absolute Gasteiger partial charge is 0.338 e. The van der Waals surface area contributed by atoms with Gasteiger partial charge in [-0.1, -0.05) is 24.6 Å². The van der Waals surface area contributed by atoms with E-state index in [4.69, 9.17) is 9.47 Å². The number of methoxy groups -OCH3 is 1. The summed E-state index contributed by atoms with van der Waals surface area (Å²) in [6.45, 7) is 7.23. The largest absolute Gasteiger partial charge is 0.494 e. The molecule has 0 saturated carbocycles. The molecular weight excluding hydrogens is 420 g/mol. The maximum atomic E-state index is 12.9. The zero-order chi connectivity index (χ0) is 23.2. The topological polar surface area (TPSA) is 83.1 Å².